The monoisotopic (exact) mass is 938 g/mol. The van der Waals surface area contributed by atoms with Crippen molar-refractivity contribution < 1.29 is 124 Å². The highest BCUT2D eigenvalue weighted by molar-refractivity contribution is 5.94. The van der Waals surface area contributed by atoms with E-state index in [9.17, 15) is 95.5 Å². The van der Waals surface area contributed by atoms with Gasteiger partial charge in [0.1, 0.15) is 12.7 Å². The molecule has 25 heteroatoms. The molecule has 1 aliphatic rings. The summed E-state index contributed by atoms with van der Waals surface area (Å²) in [4.78, 5) is 68.7. The van der Waals surface area contributed by atoms with E-state index in [2.05, 4.69) is 0 Å². The maximum absolute atomic E-state index is 13.9. The summed E-state index contributed by atoms with van der Waals surface area (Å²) in [6.07, 6.45) is -12.0. The number of hydrogen-bond donors (Lipinski definition) is 14. The second-order valence-electron chi connectivity index (χ2n) is 14.3. The van der Waals surface area contributed by atoms with Crippen LogP contribution >= 0.6 is 0 Å². The molecule has 0 aromatic heterocycles. The number of phenolic OH excluding ortho intramolecular Hbond substituents is 14. The SMILES string of the molecule is Cc1cc(C(=O)O[C@@H]2OC(COC(=O)c3cc(O)c(O)c(O)c3)[C@@H](OC(=O)c3cc(O)c(O)c(O)c3)[C@H](OC(=O)c3cc(O)c(O)c(O)c3)C2OC(=O)c2cc(O)c(O)c(O)c2)cc(O)c1O. The van der Waals surface area contributed by atoms with Gasteiger partial charge in [-0.2, -0.15) is 0 Å². The number of aryl methyl sites for hydroxylation is 1. The quantitative estimate of drug-likeness (QED) is 0.0513. The number of esters is 5. The van der Waals surface area contributed by atoms with Crippen molar-refractivity contribution in [1.29, 1.82) is 0 Å². The van der Waals surface area contributed by atoms with Gasteiger partial charge in [0.15, 0.2) is 92.7 Å². The minimum absolute atomic E-state index is 0.0898. The average molecular weight is 939 g/mol. The molecule has 0 saturated carbocycles. The summed E-state index contributed by atoms with van der Waals surface area (Å²) in [5.74, 6) is -22.2. The number of aromatic hydroxyl groups is 14. The minimum atomic E-state index is -2.48. The maximum atomic E-state index is 13.9. The molecule has 67 heavy (non-hydrogen) atoms. The van der Waals surface area contributed by atoms with E-state index >= 15 is 0 Å². The molecule has 0 radical (unpaired) electrons. The van der Waals surface area contributed by atoms with Gasteiger partial charge in [0.2, 0.25) is 12.4 Å². The highest BCUT2D eigenvalue weighted by Crippen LogP contribution is 2.41. The standard InChI is InChI=1S/C42H34O25/c1-13-2-14(3-19(43)29(13)52)41(61)67-42-36(66-40(60)18-10-26(50)33(56)27(51)11-18)35(65-39(59)17-8-24(48)32(55)25(49)9-17)34(64-38(58)16-6-22(46)31(54)23(47)7-16)28(63-42)12-62-37(57)15-4-20(44)30(53)21(45)5-15/h2-11,28,34-36,42-56H,12H2,1H3/t28?,34-,35+,36?,42+/m1/s1. The molecule has 0 amide bonds. The largest absolute Gasteiger partial charge is 0.504 e. The smallest absolute Gasteiger partial charge is 0.340 e. The number of hydrogen-bond acceptors (Lipinski definition) is 25. The van der Waals surface area contributed by atoms with Gasteiger partial charge < -0.3 is 99.9 Å². The number of carbonyl (C=O) groups excluding carboxylic acids is 5. The highest BCUT2D eigenvalue weighted by atomic mass is 16.7. The zero-order valence-corrected chi connectivity index (χ0v) is 33.6. The van der Waals surface area contributed by atoms with Crippen LogP contribution < -0.4 is 0 Å². The van der Waals surface area contributed by atoms with Crippen molar-refractivity contribution in [3.63, 3.8) is 0 Å². The molecule has 352 valence electrons. The Kier molecular flexibility index (Phi) is 12.9. The summed E-state index contributed by atoms with van der Waals surface area (Å²) in [5, 5.41) is 141. The van der Waals surface area contributed by atoms with Crippen LogP contribution in [0.3, 0.4) is 0 Å². The molecule has 1 fully saturated rings. The van der Waals surface area contributed by atoms with Crippen LogP contribution in [0.15, 0.2) is 60.7 Å². The normalized spacial score (nSPS) is 17.7. The van der Waals surface area contributed by atoms with E-state index in [0.29, 0.717) is 54.6 Å². The van der Waals surface area contributed by atoms with Crippen molar-refractivity contribution in [2.45, 2.75) is 37.6 Å². The molecule has 1 saturated heterocycles. The third kappa shape index (κ3) is 9.75. The predicted molar refractivity (Wildman–Crippen MR) is 212 cm³/mol. The van der Waals surface area contributed by atoms with E-state index in [1.54, 1.807) is 0 Å². The first-order valence-corrected chi connectivity index (χ1v) is 18.6. The molecule has 1 heterocycles. The Morgan fingerprint density at radius 1 is 0.388 bits per heavy atom. The van der Waals surface area contributed by atoms with E-state index in [1.807, 2.05) is 0 Å². The lowest BCUT2D eigenvalue weighted by Crippen LogP contribution is -2.63. The van der Waals surface area contributed by atoms with Gasteiger partial charge in [-0.05, 0) is 73.2 Å². The fraction of sp³-hybridized carbons (Fsp3) is 0.167. The molecular weight excluding hydrogens is 904 g/mol. The fourth-order valence-electron chi connectivity index (χ4n) is 6.27. The number of benzene rings is 5. The van der Waals surface area contributed by atoms with Crippen LogP contribution in [0.25, 0.3) is 0 Å². The average Bonchev–Trinajstić information content (AvgIpc) is 3.27. The highest BCUT2D eigenvalue weighted by Gasteiger charge is 2.55. The summed E-state index contributed by atoms with van der Waals surface area (Å²) in [6, 6.07) is 6.39. The lowest BCUT2D eigenvalue weighted by atomic mass is 9.97. The molecular formula is C42H34O25. The lowest BCUT2D eigenvalue weighted by Gasteiger charge is -2.43. The molecule has 1 aliphatic heterocycles. The van der Waals surface area contributed by atoms with E-state index in [0.717, 1.165) is 6.07 Å². The van der Waals surface area contributed by atoms with Crippen LogP contribution in [0.1, 0.15) is 57.4 Å². The van der Waals surface area contributed by atoms with Crippen molar-refractivity contribution in [1.82, 2.24) is 0 Å². The van der Waals surface area contributed by atoms with Crippen LogP contribution in [-0.4, -0.2) is 139 Å². The molecule has 2 unspecified atom stereocenters. The molecule has 25 nitrogen and oxygen atoms in total. The molecule has 5 atom stereocenters. The van der Waals surface area contributed by atoms with Crippen LogP contribution in [0, 0.1) is 6.92 Å². The number of carbonyl (C=O) groups is 5. The topological polar surface area (TPSA) is 424 Å². The summed E-state index contributed by atoms with van der Waals surface area (Å²) in [6.45, 7) is 0.0442. The van der Waals surface area contributed by atoms with Crippen molar-refractivity contribution >= 4 is 29.8 Å². The summed E-state index contributed by atoms with van der Waals surface area (Å²) in [7, 11) is 0. The molecule has 0 aliphatic carbocycles. The first-order chi connectivity index (χ1) is 31.4. The number of rotatable bonds is 11. The second kappa shape index (κ2) is 18.4. The summed E-state index contributed by atoms with van der Waals surface area (Å²) >= 11 is 0. The van der Waals surface area contributed by atoms with Crippen LogP contribution in [0.2, 0.25) is 0 Å². The van der Waals surface area contributed by atoms with Gasteiger partial charge in [0, 0.05) is 0 Å². The maximum Gasteiger partial charge on any atom is 0.340 e. The number of ether oxygens (including phenoxy) is 6. The van der Waals surface area contributed by atoms with Crippen LogP contribution in [0.4, 0.5) is 0 Å². The Hall–Kier alpha value is -9.39. The van der Waals surface area contributed by atoms with Gasteiger partial charge in [-0.15, -0.1) is 0 Å². The summed E-state index contributed by atoms with van der Waals surface area (Å²) in [5.41, 5.74) is -3.61. The predicted octanol–water partition coefficient (Wildman–Crippen LogP) is 2.29. The van der Waals surface area contributed by atoms with E-state index < -0.39 is 175 Å². The van der Waals surface area contributed by atoms with Crippen molar-refractivity contribution in [2.75, 3.05) is 6.61 Å². The third-order valence-corrected chi connectivity index (χ3v) is 9.66. The lowest BCUT2D eigenvalue weighted by molar-refractivity contribution is -0.282. The summed E-state index contributed by atoms with van der Waals surface area (Å²) < 4.78 is 33.5. The molecule has 14 N–H and O–H groups in total. The zero-order chi connectivity index (χ0) is 49.3. The Balaban J connectivity index is 1.52. The van der Waals surface area contributed by atoms with E-state index in [4.69, 9.17) is 28.4 Å². The third-order valence-electron chi connectivity index (χ3n) is 9.66. The Morgan fingerprint density at radius 2 is 0.672 bits per heavy atom. The van der Waals surface area contributed by atoms with E-state index in [1.165, 1.54) is 6.92 Å². The Morgan fingerprint density at radius 3 is 1.03 bits per heavy atom. The molecule has 6 rings (SSSR count). The Bertz CT molecular complexity index is 2720. The van der Waals surface area contributed by atoms with Crippen molar-refractivity contribution in [3.8, 4) is 80.5 Å². The van der Waals surface area contributed by atoms with Crippen molar-refractivity contribution in [2.24, 2.45) is 0 Å². The van der Waals surface area contributed by atoms with Gasteiger partial charge >= 0.3 is 29.8 Å². The van der Waals surface area contributed by atoms with Crippen LogP contribution in [0.5, 0.6) is 80.5 Å². The first-order valence-electron chi connectivity index (χ1n) is 18.6. The Labute approximate surface area is 372 Å². The van der Waals surface area contributed by atoms with Gasteiger partial charge in [-0.3, -0.25) is 0 Å². The molecule has 5 aromatic rings. The fourth-order valence-corrected chi connectivity index (χ4v) is 6.27. The molecule has 0 bridgehead atoms. The molecule has 0 spiro atoms. The van der Waals surface area contributed by atoms with Gasteiger partial charge in [0.05, 0.1) is 27.8 Å². The number of phenols is 14. The second-order valence-corrected chi connectivity index (χ2v) is 14.3. The first kappa shape index (κ1) is 47.1. The van der Waals surface area contributed by atoms with Gasteiger partial charge in [-0.1, -0.05) is 0 Å². The van der Waals surface area contributed by atoms with E-state index in [-0.39, 0.29) is 5.56 Å². The molecule has 5 aromatic carbocycles. The van der Waals surface area contributed by atoms with Gasteiger partial charge in [0.25, 0.3) is 0 Å². The van der Waals surface area contributed by atoms with Crippen LogP contribution in [-0.2, 0) is 28.4 Å². The van der Waals surface area contributed by atoms with Crippen molar-refractivity contribution in [3.05, 3.63) is 94.0 Å². The zero-order valence-electron chi connectivity index (χ0n) is 33.6. The van der Waals surface area contributed by atoms with Gasteiger partial charge in [-0.25, -0.2) is 24.0 Å². The minimum Gasteiger partial charge on any atom is -0.504 e.